The van der Waals surface area contributed by atoms with Crippen LogP contribution in [0.2, 0.25) is 0 Å². The number of rotatable bonds is 6. The van der Waals surface area contributed by atoms with Crippen molar-refractivity contribution in [2.24, 2.45) is 0 Å². The van der Waals surface area contributed by atoms with Gasteiger partial charge in [-0.15, -0.1) is 6.42 Å². The van der Waals surface area contributed by atoms with Gasteiger partial charge >= 0.3 is 8.80 Å². The van der Waals surface area contributed by atoms with Gasteiger partial charge in [0.2, 0.25) is 0 Å². The van der Waals surface area contributed by atoms with Gasteiger partial charge in [-0.1, -0.05) is 0 Å². The summed E-state index contributed by atoms with van der Waals surface area (Å²) in [6.07, 6.45) is 5.50. The summed E-state index contributed by atoms with van der Waals surface area (Å²) in [6, 6.07) is 0. The Hall–Kier alpha value is -0.343. The van der Waals surface area contributed by atoms with E-state index >= 15 is 0 Å². The molecule has 0 spiro atoms. The molecule has 0 saturated heterocycles. The molecule has 0 heterocycles. The van der Waals surface area contributed by atoms with E-state index in [-0.39, 0.29) is 18.3 Å². The van der Waals surface area contributed by atoms with Gasteiger partial charge in [-0.25, -0.2) is 0 Å². The first-order valence-corrected chi connectivity index (χ1v) is 7.05. The van der Waals surface area contributed by atoms with E-state index in [0.717, 1.165) is 0 Å². The average molecular weight is 230 g/mol. The molecule has 0 saturated carbocycles. The first-order valence-electron chi connectivity index (χ1n) is 5.32. The van der Waals surface area contributed by atoms with Gasteiger partial charge in [0.15, 0.2) is 0 Å². The maximum atomic E-state index is 5.67. The van der Waals surface area contributed by atoms with Crippen LogP contribution < -0.4 is 0 Å². The highest BCUT2D eigenvalue weighted by Crippen LogP contribution is 2.16. The van der Waals surface area contributed by atoms with E-state index in [4.69, 9.17) is 19.7 Å². The third-order valence-electron chi connectivity index (χ3n) is 1.35. The van der Waals surface area contributed by atoms with Crippen LogP contribution in [0, 0.1) is 12.0 Å². The normalized spacial score (nSPS) is 12.5. The minimum Gasteiger partial charge on any atom is -0.361 e. The van der Waals surface area contributed by atoms with Crippen LogP contribution >= 0.6 is 0 Å². The SMILES string of the molecule is C#C[Si](OC(C)C)(OC(C)C)OC(C)C. The zero-order valence-electron chi connectivity index (χ0n) is 10.5. The smallest absolute Gasteiger partial charge is 0.361 e. The fraction of sp³-hybridized carbons (Fsp3) is 0.818. The molecule has 0 aliphatic rings. The molecule has 0 rings (SSSR count). The van der Waals surface area contributed by atoms with Gasteiger partial charge < -0.3 is 13.3 Å². The molecule has 0 aliphatic carbocycles. The molecule has 0 amide bonds. The van der Waals surface area contributed by atoms with Crippen molar-refractivity contribution in [3.8, 4) is 12.0 Å². The van der Waals surface area contributed by atoms with E-state index in [1.54, 1.807) is 0 Å². The fourth-order valence-electron chi connectivity index (χ4n) is 1.12. The Kier molecular flexibility index (Phi) is 6.14. The topological polar surface area (TPSA) is 27.7 Å². The van der Waals surface area contributed by atoms with Crippen LogP contribution in [0.1, 0.15) is 41.5 Å². The monoisotopic (exact) mass is 230 g/mol. The van der Waals surface area contributed by atoms with Gasteiger partial charge in [0.05, 0.1) is 0 Å². The van der Waals surface area contributed by atoms with Gasteiger partial charge in [0.1, 0.15) is 0 Å². The summed E-state index contributed by atoms with van der Waals surface area (Å²) in [6.45, 7) is 11.5. The highest BCUT2D eigenvalue weighted by atomic mass is 28.4. The van der Waals surface area contributed by atoms with Gasteiger partial charge in [0, 0.05) is 18.3 Å². The zero-order chi connectivity index (χ0) is 12.1. The van der Waals surface area contributed by atoms with E-state index < -0.39 is 8.80 Å². The van der Waals surface area contributed by atoms with Crippen molar-refractivity contribution < 1.29 is 13.3 Å². The molecule has 3 nitrogen and oxygen atoms in total. The molecule has 0 N–H and O–H groups in total. The quantitative estimate of drug-likeness (QED) is 0.518. The van der Waals surface area contributed by atoms with Crippen molar-refractivity contribution in [3.05, 3.63) is 0 Å². The molecule has 0 aromatic carbocycles. The van der Waals surface area contributed by atoms with Crippen LogP contribution in [0.5, 0.6) is 0 Å². The largest absolute Gasteiger partial charge is 0.591 e. The molecule has 0 radical (unpaired) electrons. The summed E-state index contributed by atoms with van der Waals surface area (Å²) >= 11 is 0. The van der Waals surface area contributed by atoms with Crippen LogP contribution in [-0.2, 0) is 13.3 Å². The number of hydrogen-bond acceptors (Lipinski definition) is 3. The van der Waals surface area contributed by atoms with Crippen LogP contribution in [0.25, 0.3) is 0 Å². The zero-order valence-corrected chi connectivity index (χ0v) is 11.5. The first-order chi connectivity index (χ1) is 6.81. The third-order valence-corrected chi connectivity index (χ3v) is 4.05. The van der Waals surface area contributed by atoms with E-state index in [2.05, 4.69) is 5.54 Å². The Morgan fingerprint density at radius 2 is 1.07 bits per heavy atom. The molecule has 0 fully saturated rings. The number of hydrogen-bond donors (Lipinski definition) is 0. The second kappa shape index (κ2) is 6.29. The van der Waals surface area contributed by atoms with Crippen molar-refractivity contribution in [2.45, 2.75) is 59.9 Å². The Balaban J connectivity index is 4.69. The van der Waals surface area contributed by atoms with Gasteiger partial charge in [-0.2, -0.15) is 0 Å². The molecule has 0 bridgehead atoms. The lowest BCUT2D eigenvalue weighted by atomic mass is 10.5. The van der Waals surface area contributed by atoms with E-state index in [9.17, 15) is 0 Å². The molecule has 0 aliphatic heterocycles. The van der Waals surface area contributed by atoms with Crippen molar-refractivity contribution in [3.63, 3.8) is 0 Å². The van der Waals surface area contributed by atoms with Crippen molar-refractivity contribution in [1.29, 1.82) is 0 Å². The summed E-state index contributed by atoms with van der Waals surface area (Å²) in [5.74, 6) is 0. The highest BCUT2D eigenvalue weighted by molar-refractivity contribution is 6.69. The van der Waals surface area contributed by atoms with E-state index in [0.29, 0.717) is 0 Å². The molecule has 4 heteroatoms. The third kappa shape index (κ3) is 5.95. The van der Waals surface area contributed by atoms with Crippen LogP contribution in [-0.4, -0.2) is 27.1 Å². The standard InChI is InChI=1S/C11H22O3Si/c1-8-15(12-9(2)3,13-10(4)5)14-11(6)7/h1,9-11H,2-7H3. The highest BCUT2D eigenvalue weighted by Gasteiger charge is 2.43. The predicted molar refractivity (Wildman–Crippen MR) is 63.3 cm³/mol. The summed E-state index contributed by atoms with van der Waals surface area (Å²) in [7, 11) is -2.93. The second-order valence-corrected chi connectivity index (χ2v) is 6.31. The molecule has 0 atom stereocenters. The van der Waals surface area contributed by atoms with Gasteiger partial charge in [-0.3, -0.25) is 0 Å². The minimum atomic E-state index is -2.93. The summed E-state index contributed by atoms with van der Waals surface area (Å²) < 4.78 is 17.0. The van der Waals surface area contributed by atoms with Crippen LogP contribution in [0.3, 0.4) is 0 Å². The van der Waals surface area contributed by atoms with E-state index in [1.165, 1.54) is 0 Å². The Morgan fingerprint density at radius 1 is 0.800 bits per heavy atom. The van der Waals surface area contributed by atoms with Gasteiger partial charge in [0.25, 0.3) is 0 Å². The average Bonchev–Trinajstić information content (AvgIpc) is 1.99. The lowest BCUT2D eigenvalue weighted by Gasteiger charge is -2.29. The van der Waals surface area contributed by atoms with E-state index in [1.807, 2.05) is 41.5 Å². The summed E-state index contributed by atoms with van der Waals surface area (Å²) in [5.41, 5.74) is 2.58. The Morgan fingerprint density at radius 3 is 1.20 bits per heavy atom. The maximum Gasteiger partial charge on any atom is 0.591 e. The Bertz CT molecular complexity index is 192. The fourth-order valence-corrected chi connectivity index (χ4v) is 3.35. The summed E-state index contributed by atoms with van der Waals surface area (Å²) in [5, 5.41) is 0. The lowest BCUT2D eigenvalue weighted by Crippen LogP contribution is -2.49. The number of terminal acetylenes is 1. The minimum absolute atomic E-state index is 0.00483. The van der Waals surface area contributed by atoms with Crippen molar-refractivity contribution in [2.75, 3.05) is 0 Å². The van der Waals surface area contributed by atoms with Crippen LogP contribution in [0.15, 0.2) is 0 Å². The van der Waals surface area contributed by atoms with Crippen molar-refractivity contribution >= 4 is 8.80 Å². The molecule has 0 aromatic heterocycles. The molecule has 88 valence electrons. The summed E-state index contributed by atoms with van der Waals surface area (Å²) in [4.78, 5) is 0. The second-order valence-electron chi connectivity index (χ2n) is 4.20. The molecule has 0 unspecified atom stereocenters. The molecular formula is C11H22O3Si. The van der Waals surface area contributed by atoms with Gasteiger partial charge in [-0.05, 0) is 47.1 Å². The van der Waals surface area contributed by atoms with Crippen molar-refractivity contribution in [1.82, 2.24) is 0 Å². The molecular weight excluding hydrogens is 208 g/mol. The Labute approximate surface area is 94.5 Å². The maximum absolute atomic E-state index is 5.67. The molecule has 0 aromatic rings. The van der Waals surface area contributed by atoms with Crippen LogP contribution in [0.4, 0.5) is 0 Å². The first kappa shape index (κ1) is 14.7. The molecule has 15 heavy (non-hydrogen) atoms. The predicted octanol–water partition coefficient (Wildman–Crippen LogP) is 2.37. The lowest BCUT2D eigenvalue weighted by molar-refractivity contribution is 0.0163.